The molecule has 0 amide bonds. The van der Waals surface area contributed by atoms with Crippen molar-refractivity contribution in [1.29, 1.82) is 0 Å². The van der Waals surface area contributed by atoms with Crippen LogP contribution in [0.25, 0.3) is 0 Å². The lowest BCUT2D eigenvalue weighted by atomic mass is 9.43. The van der Waals surface area contributed by atoms with E-state index in [4.69, 9.17) is 14.2 Å². The van der Waals surface area contributed by atoms with Crippen LogP contribution in [0, 0.1) is 22.7 Å². The van der Waals surface area contributed by atoms with Gasteiger partial charge in [-0.05, 0) is 38.5 Å². The van der Waals surface area contributed by atoms with Gasteiger partial charge in [0.2, 0.25) is 0 Å². The molecule has 2 heterocycles. The van der Waals surface area contributed by atoms with Gasteiger partial charge in [-0.1, -0.05) is 19.9 Å². The number of rotatable bonds is 3. The molecule has 0 unspecified atom stereocenters. The zero-order valence-electron chi connectivity index (χ0n) is 17.8. The van der Waals surface area contributed by atoms with E-state index < -0.39 is 52.6 Å². The molecule has 0 aromatic heterocycles. The van der Waals surface area contributed by atoms with Crippen LogP contribution in [0.3, 0.4) is 0 Å². The van der Waals surface area contributed by atoms with E-state index in [-0.39, 0.29) is 24.0 Å². The van der Waals surface area contributed by atoms with Crippen molar-refractivity contribution in [3.8, 4) is 0 Å². The predicted octanol–water partition coefficient (Wildman–Crippen LogP) is 1.74. The van der Waals surface area contributed by atoms with Gasteiger partial charge in [0.05, 0.1) is 5.41 Å². The van der Waals surface area contributed by atoms with E-state index in [1.54, 1.807) is 0 Å². The monoisotopic (exact) mass is 408 g/mol. The second-order valence-electron chi connectivity index (χ2n) is 10.1. The Hall–Kier alpha value is -1.28. The highest BCUT2D eigenvalue weighted by atomic mass is 16.7. The first kappa shape index (κ1) is 21.0. The van der Waals surface area contributed by atoms with Crippen molar-refractivity contribution in [2.24, 2.45) is 22.7 Å². The van der Waals surface area contributed by atoms with Crippen molar-refractivity contribution >= 4 is 11.8 Å². The number of Topliss-reactive ketones (excluding diaryl/α,β-unsaturated/α-hetero) is 1. The van der Waals surface area contributed by atoms with Crippen molar-refractivity contribution in [2.75, 3.05) is 0 Å². The van der Waals surface area contributed by atoms with Gasteiger partial charge in [-0.2, -0.15) is 0 Å². The van der Waals surface area contributed by atoms with Crippen molar-refractivity contribution in [3.63, 3.8) is 0 Å². The summed E-state index contributed by atoms with van der Waals surface area (Å²) in [6.45, 7) is 12.6. The van der Waals surface area contributed by atoms with Crippen LogP contribution in [0.2, 0.25) is 0 Å². The Morgan fingerprint density at radius 1 is 1.41 bits per heavy atom. The van der Waals surface area contributed by atoms with Gasteiger partial charge >= 0.3 is 5.97 Å². The zero-order chi connectivity index (χ0) is 21.6. The third-order valence-corrected chi connectivity index (χ3v) is 8.71. The SMILES string of the molecule is C=C[C@](C)(O)[C@H]1O[C@@H](O)[C@]2([C@@H]1OC(C)=O)[C@H]1CC(=O)[C@@H]3O[C@]3(C)[C@@]1(C)CC[C@@H]2C. The van der Waals surface area contributed by atoms with E-state index >= 15 is 0 Å². The van der Waals surface area contributed by atoms with Gasteiger partial charge in [0.1, 0.15) is 29.5 Å². The molecule has 2 aliphatic heterocycles. The summed E-state index contributed by atoms with van der Waals surface area (Å²) in [5, 5.41) is 22.2. The molecule has 2 aliphatic carbocycles. The van der Waals surface area contributed by atoms with Crippen molar-refractivity contribution in [1.82, 2.24) is 0 Å². The zero-order valence-corrected chi connectivity index (χ0v) is 17.8. The van der Waals surface area contributed by atoms with Gasteiger partial charge in [0, 0.05) is 18.8 Å². The van der Waals surface area contributed by atoms with Gasteiger partial charge < -0.3 is 24.4 Å². The number of epoxide rings is 1. The Morgan fingerprint density at radius 2 is 2.07 bits per heavy atom. The topological polar surface area (TPSA) is 106 Å². The minimum absolute atomic E-state index is 0.0103. The predicted molar refractivity (Wildman–Crippen MR) is 103 cm³/mol. The number of aliphatic hydroxyl groups is 2. The summed E-state index contributed by atoms with van der Waals surface area (Å²) in [7, 11) is 0. The standard InChI is InChI=1S/C22H32O7/c1-7-20(5,26)16-17(27-12(3)23)22(18(25)28-16)11(2)8-9-19(4)14(22)10-13(24)15-21(19,6)29-15/h7,11,14-18,25-26H,1,8-10H2,2-6H3/t11-,14-,15-,16-,17+,18+,19-,20-,21-,22-/m0/s1. The van der Waals surface area contributed by atoms with Crippen LogP contribution in [0.1, 0.15) is 53.9 Å². The molecule has 1 spiro atoms. The maximum atomic E-state index is 12.8. The first-order chi connectivity index (χ1) is 13.4. The molecule has 2 saturated carbocycles. The molecule has 7 nitrogen and oxygen atoms in total. The third kappa shape index (κ3) is 2.44. The highest BCUT2D eigenvalue weighted by molar-refractivity contribution is 5.89. The number of carbonyl (C=O) groups is 2. The van der Waals surface area contributed by atoms with Gasteiger partial charge in [0.25, 0.3) is 0 Å². The van der Waals surface area contributed by atoms with E-state index in [1.807, 2.05) is 13.8 Å². The number of ketones is 1. The van der Waals surface area contributed by atoms with Crippen molar-refractivity contribution in [2.45, 2.75) is 89.7 Å². The minimum Gasteiger partial charge on any atom is -0.459 e. The van der Waals surface area contributed by atoms with Crippen LogP contribution < -0.4 is 0 Å². The Labute approximate surface area is 171 Å². The Morgan fingerprint density at radius 3 is 2.66 bits per heavy atom. The molecule has 0 radical (unpaired) electrons. The molecule has 29 heavy (non-hydrogen) atoms. The smallest absolute Gasteiger partial charge is 0.303 e. The van der Waals surface area contributed by atoms with Gasteiger partial charge in [-0.15, -0.1) is 6.58 Å². The highest BCUT2D eigenvalue weighted by Crippen LogP contribution is 2.72. The van der Waals surface area contributed by atoms with Crippen molar-refractivity contribution < 1.29 is 34.0 Å². The number of carbonyl (C=O) groups excluding carboxylic acids is 2. The maximum absolute atomic E-state index is 12.8. The molecule has 2 saturated heterocycles. The largest absolute Gasteiger partial charge is 0.459 e. The Bertz CT molecular complexity index is 762. The molecule has 0 aromatic rings. The number of ether oxygens (including phenoxy) is 3. The molecule has 0 aromatic carbocycles. The fraction of sp³-hybridized carbons (Fsp3) is 0.818. The highest BCUT2D eigenvalue weighted by Gasteiger charge is 2.80. The van der Waals surface area contributed by atoms with Gasteiger partial charge in [-0.3, -0.25) is 9.59 Å². The molecular formula is C22H32O7. The fourth-order valence-corrected chi connectivity index (χ4v) is 6.69. The summed E-state index contributed by atoms with van der Waals surface area (Å²) >= 11 is 0. The number of hydrogen-bond donors (Lipinski definition) is 2. The molecule has 4 aliphatic rings. The lowest BCUT2D eigenvalue weighted by molar-refractivity contribution is -0.227. The lowest BCUT2D eigenvalue weighted by Crippen LogP contribution is -2.66. The quantitative estimate of drug-likeness (QED) is 0.416. The van der Waals surface area contributed by atoms with Crippen molar-refractivity contribution in [3.05, 3.63) is 12.7 Å². The van der Waals surface area contributed by atoms with E-state index in [2.05, 4.69) is 13.5 Å². The number of hydrogen-bond acceptors (Lipinski definition) is 7. The fourth-order valence-electron chi connectivity index (χ4n) is 6.69. The first-order valence-electron chi connectivity index (χ1n) is 10.4. The molecule has 7 heteroatoms. The van der Waals surface area contributed by atoms with E-state index in [1.165, 1.54) is 19.9 Å². The number of aliphatic hydroxyl groups excluding tert-OH is 1. The molecular weight excluding hydrogens is 376 g/mol. The van der Waals surface area contributed by atoms with E-state index in [0.29, 0.717) is 0 Å². The van der Waals surface area contributed by atoms with E-state index in [9.17, 15) is 19.8 Å². The Kier molecular flexibility index (Phi) is 4.43. The molecule has 10 atom stereocenters. The summed E-state index contributed by atoms with van der Waals surface area (Å²) in [6.07, 6.45) is -0.472. The number of esters is 1. The third-order valence-electron chi connectivity index (χ3n) is 8.71. The van der Waals surface area contributed by atoms with Crippen LogP contribution in [0.5, 0.6) is 0 Å². The number of fused-ring (bicyclic) bond motifs is 4. The summed E-state index contributed by atoms with van der Waals surface area (Å²) in [6, 6.07) is 0. The van der Waals surface area contributed by atoms with Crippen LogP contribution >= 0.6 is 0 Å². The second kappa shape index (κ2) is 6.13. The lowest BCUT2D eigenvalue weighted by Gasteiger charge is -2.60. The average Bonchev–Trinajstić information content (AvgIpc) is 3.27. The molecule has 2 N–H and O–H groups in total. The van der Waals surface area contributed by atoms with Crippen LogP contribution in [0.4, 0.5) is 0 Å². The summed E-state index contributed by atoms with van der Waals surface area (Å²) in [5.74, 6) is -0.932. The molecule has 4 rings (SSSR count). The summed E-state index contributed by atoms with van der Waals surface area (Å²) < 4.78 is 17.6. The molecule has 4 fully saturated rings. The van der Waals surface area contributed by atoms with Crippen LogP contribution in [0.15, 0.2) is 12.7 Å². The van der Waals surface area contributed by atoms with Crippen LogP contribution in [-0.4, -0.2) is 57.8 Å². The Balaban J connectivity index is 1.89. The molecule has 0 bridgehead atoms. The van der Waals surface area contributed by atoms with Gasteiger partial charge in [0.15, 0.2) is 12.1 Å². The minimum atomic E-state index is -1.53. The van der Waals surface area contributed by atoms with Gasteiger partial charge in [-0.25, -0.2) is 0 Å². The maximum Gasteiger partial charge on any atom is 0.303 e. The normalized spacial score (nSPS) is 53.0. The first-order valence-corrected chi connectivity index (χ1v) is 10.4. The average molecular weight is 408 g/mol. The summed E-state index contributed by atoms with van der Waals surface area (Å²) in [5.41, 5.74) is -3.55. The summed E-state index contributed by atoms with van der Waals surface area (Å²) in [4.78, 5) is 24.9. The van der Waals surface area contributed by atoms with Crippen LogP contribution in [-0.2, 0) is 23.8 Å². The molecule has 162 valence electrons. The van der Waals surface area contributed by atoms with E-state index in [0.717, 1.165) is 12.8 Å². The second-order valence-corrected chi connectivity index (χ2v) is 10.1.